The number of carbonyl (C=O) groups excluding carboxylic acids is 2. The molecule has 0 aromatic carbocycles. The predicted octanol–water partition coefficient (Wildman–Crippen LogP) is 2.49. The Balaban J connectivity index is 0.00000121. The fourth-order valence-corrected chi connectivity index (χ4v) is 1.44. The van der Waals surface area contributed by atoms with Crippen molar-refractivity contribution in [1.82, 2.24) is 5.32 Å². The van der Waals surface area contributed by atoms with Crippen molar-refractivity contribution in [2.75, 3.05) is 6.54 Å². The van der Waals surface area contributed by atoms with E-state index in [1.54, 1.807) is 12.2 Å². The highest BCUT2D eigenvalue weighted by Crippen LogP contribution is 2.35. The summed E-state index contributed by atoms with van der Waals surface area (Å²) >= 11 is 0. The van der Waals surface area contributed by atoms with E-state index in [0.29, 0.717) is 12.5 Å². The normalized spacial score (nSPS) is 14.9. The molecule has 96 valence electrons. The molecule has 1 aliphatic rings. The molecule has 3 heteroatoms. The van der Waals surface area contributed by atoms with E-state index in [4.69, 9.17) is 0 Å². The average Bonchev–Trinajstić information content (AvgIpc) is 3.18. The highest BCUT2D eigenvalue weighted by molar-refractivity contribution is 6.37. The number of carbonyl (C=O) groups is 2. The minimum Gasteiger partial charge on any atom is -0.346 e. The molecule has 1 unspecified atom stereocenters. The van der Waals surface area contributed by atoms with Crippen molar-refractivity contribution in [2.24, 2.45) is 11.8 Å². The van der Waals surface area contributed by atoms with Crippen LogP contribution in [0.3, 0.4) is 0 Å². The van der Waals surface area contributed by atoms with Gasteiger partial charge in [-0.1, -0.05) is 38.8 Å². The van der Waals surface area contributed by atoms with Crippen LogP contribution in [-0.2, 0) is 9.59 Å². The molecule has 1 aliphatic carbocycles. The van der Waals surface area contributed by atoms with Gasteiger partial charge >= 0.3 is 0 Å². The van der Waals surface area contributed by atoms with E-state index in [2.05, 4.69) is 18.5 Å². The summed E-state index contributed by atoms with van der Waals surface area (Å²) in [5, 5.41) is 2.49. The first kappa shape index (κ1) is 15.6. The molecule has 0 heterocycles. The molecule has 0 bridgehead atoms. The molecule has 1 N–H and O–H groups in total. The average molecular weight is 237 g/mol. The van der Waals surface area contributed by atoms with Gasteiger partial charge in [-0.05, 0) is 12.3 Å². The maximum absolute atomic E-state index is 11.6. The second-order valence-corrected chi connectivity index (χ2v) is 3.88. The summed E-state index contributed by atoms with van der Waals surface area (Å²) in [4.78, 5) is 23.0. The SMILES string of the molecule is C=CCNC(=O)C(=O)C(C=C)CC1CC1.CC. The van der Waals surface area contributed by atoms with Gasteiger partial charge in [0.2, 0.25) is 5.78 Å². The van der Waals surface area contributed by atoms with Crippen LogP contribution in [-0.4, -0.2) is 18.2 Å². The highest BCUT2D eigenvalue weighted by Gasteiger charge is 2.30. The van der Waals surface area contributed by atoms with Crippen LogP contribution >= 0.6 is 0 Å². The quantitative estimate of drug-likeness (QED) is 0.546. The van der Waals surface area contributed by atoms with Crippen molar-refractivity contribution < 1.29 is 9.59 Å². The summed E-state index contributed by atoms with van der Waals surface area (Å²) in [5.74, 6) is -0.606. The van der Waals surface area contributed by atoms with Crippen LogP contribution in [0.2, 0.25) is 0 Å². The third-order valence-corrected chi connectivity index (χ3v) is 2.54. The zero-order valence-electron chi connectivity index (χ0n) is 10.9. The third-order valence-electron chi connectivity index (χ3n) is 2.54. The predicted molar refractivity (Wildman–Crippen MR) is 70.6 cm³/mol. The lowest BCUT2D eigenvalue weighted by atomic mass is 9.97. The molecule has 0 spiro atoms. The summed E-state index contributed by atoms with van der Waals surface area (Å²) in [6.07, 6.45) is 6.24. The highest BCUT2D eigenvalue weighted by atomic mass is 16.2. The van der Waals surface area contributed by atoms with Crippen molar-refractivity contribution in [3.05, 3.63) is 25.3 Å². The lowest BCUT2D eigenvalue weighted by Crippen LogP contribution is -2.35. The smallest absolute Gasteiger partial charge is 0.288 e. The molecule has 1 fully saturated rings. The van der Waals surface area contributed by atoms with E-state index in [0.717, 1.165) is 6.42 Å². The Morgan fingerprint density at radius 1 is 1.35 bits per heavy atom. The van der Waals surface area contributed by atoms with Gasteiger partial charge in [0.05, 0.1) is 0 Å². The van der Waals surface area contributed by atoms with Crippen LogP contribution < -0.4 is 5.32 Å². The maximum atomic E-state index is 11.6. The second kappa shape index (κ2) is 8.74. The minimum atomic E-state index is -0.527. The Morgan fingerprint density at radius 3 is 2.35 bits per heavy atom. The van der Waals surface area contributed by atoms with Gasteiger partial charge in [-0.15, -0.1) is 13.2 Å². The van der Waals surface area contributed by atoms with E-state index in [-0.39, 0.29) is 11.7 Å². The fourth-order valence-electron chi connectivity index (χ4n) is 1.44. The molecule has 1 amide bonds. The third kappa shape index (κ3) is 6.05. The van der Waals surface area contributed by atoms with Gasteiger partial charge in [0, 0.05) is 12.5 Å². The molecular weight excluding hydrogens is 214 g/mol. The molecular formula is C14H23NO2. The summed E-state index contributed by atoms with van der Waals surface area (Å²) in [6.45, 7) is 11.4. The monoisotopic (exact) mass is 237 g/mol. The van der Waals surface area contributed by atoms with Crippen LogP contribution in [0, 0.1) is 11.8 Å². The number of nitrogens with one attached hydrogen (secondary N) is 1. The van der Waals surface area contributed by atoms with Gasteiger partial charge in [-0.2, -0.15) is 0 Å². The zero-order valence-corrected chi connectivity index (χ0v) is 10.9. The van der Waals surface area contributed by atoms with Crippen molar-refractivity contribution >= 4 is 11.7 Å². The number of allylic oxidation sites excluding steroid dienone is 1. The number of ketones is 1. The van der Waals surface area contributed by atoms with Crippen molar-refractivity contribution in [3.63, 3.8) is 0 Å². The van der Waals surface area contributed by atoms with Crippen molar-refractivity contribution in [2.45, 2.75) is 33.1 Å². The van der Waals surface area contributed by atoms with Gasteiger partial charge in [-0.25, -0.2) is 0 Å². The lowest BCUT2D eigenvalue weighted by molar-refractivity contribution is -0.139. The Labute approximate surface area is 104 Å². The summed E-state index contributed by atoms with van der Waals surface area (Å²) in [5.41, 5.74) is 0. The molecule has 0 aliphatic heterocycles. The van der Waals surface area contributed by atoms with Crippen molar-refractivity contribution in [1.29, 1.82) is 0 Å². The van der Waals surface area contributed by atoms with E-state index in [9.17, 15) is 9.59 Å². The number of Topliss-reactive ketones (excluding diaryl/α,β-unsaturated/α-hetero) is 1. The number of amides is 1. The Hall–Kier alpha value is -1.38. The van der Waals surface area contributed by atoms with Gasteiger partial charge < -0.3 is 5.32 Å². The molecule has 0 aromatic heterocycles. The van der Waals surface area contributed by atoms with E-state index < -0.39 is 5.91 Å². The van der Waals surface area contributed by atoms with Gasteiger partial charge in [0.25, 0.3) is 5.91 Å². The van der Waals surface area contributed by atoms with Crippen LogP contribution in [0.15, 0.2) is 25.3 Å². The standard InChI is InChI=1S/C12H17NO2.C2H6/c1-3-7-13-12(15)11(14)10(4-2)8-9-5-6-9;1-2/h3-4,9-10H,1-2,5-8H2,(H,13,15);1-2H3. The lowest BCUT2D eigenvalue weighted by Gasteiger charge is -2.09. The maximum Gasteiger partial charge on any atom is 0.288 e. The number of rotatable bonds is 7. The number of hydrogen-bond donors (Lipinski definition) is 1. The van der Waals surface area contributed by atoms with Crippen molar-refractivity contribution in [3.8, 4) is 0 Å². The summed E-state index contributed by atoms with van der Waals surface area (Å²) in [6, 6.07) is 0. The van der Waals surface area contributed by atoms with Gasteiger partial charge in [0.1, 0.15) is 0 Å². The van der Waals surface area contributed by atoms with Crippen LogP contribution in [0.5, 0.6) is 0 Å². The largest absolute Gasteiger partial charge is 0.346 e. The van der Waals surface area contributed by atoms with Crippen LogP contribution in [0.4, 0.5) is 0 Å². The summed E-state index contributed by atoms with van der Waals surface area (Å²) < 4.78 is 0. The fraction of sp³-hybridized carbons (Fsp3) is 0.571. The molecule has 3 nitrogen and oxygen atoms in total. The van der Waals surface area contributed by atoms with Gasteiger partial charge in [-0.3, -0.25) is 9.59 Å². The first-order valence-corrected chi connectivity index (χ1v) is 6.24. The first-order valence-electron chi connectivity index (χ1n) is 6.24. The zero-order chi connectivity index (χ0) is 13.3. The van der Waals surface area contributed by atoms with E-state index >= 15 is 0 Å². The van der Waals surface area contributed by atoms with Crippen LogP contribution in [0.25, 0.3) is 0 Å². The van der Waals surface area contributed by atoms with E-state index in [1.807, 2.05) is 13.8 Å². The van der Waals surface area contributed by atoms with Gasteiger partial charge in [0.15, 0.2) is 0 Å². The first-order chi connectivity index (χ1) is 8.19. The molecule has 1 saturated carbocycles. The Morgan fingerprint density at radius 2 is 1.94 bits per heavy atom. The Kier molecular flexibility index (Phi) is 8.03. The molecule has 1 atom stereocenters. The Bertz CT molecular complexity index is 280. The molecule has 1 rings (SSSR count). The second-order valence-electron chi connectivity index (χ2n) is 3.88. The topological polar surface area (TPSA) is 46.2 Å². The minimum absolute atomic E-state index is 0.317. The van der Waals surface area contributed by atoms with E-state index in [1.165, 1.54) is 12.8 Å². The number of hydrogen-bond acceptors (Lipinski definition) is 2. The van der Waals surface area contributed by atoms with Crippen LogP contribution in [0.1, 0.15) is 33.1 Å². The molecule has 0 radical (unpaired) electrons. The molecule has 0 aromatic rings. The molecule has 0 saturated heterocycles. The molecule has 17 heavy (non-hydrogen) atoms. The summed E-state index contributed by atoms with van der Waals surface area (Å²) in [7, 11) is 0.